The van der Waals surface area contributed by atoms with E-state index in [0.29, 0.717) is 31.3 Å². The monoisotopic (exact) mass is 343 g/mol. The maximum absolute atomic E-state index is 12.2. The Bertz CT molecular complexity index is 719. The summed E-state index contributed by atoms with van der Waals surface area (Å²) in [6, 6.07) is 6.96. The van der Waals surface area contributed by atoms with E-state index in [9.17, 15) is 4.79 Å². The number of morpholine rings is 1. The minimum atomic E-state index is -0.330. The van der Waals surface area contributed by atoms with Crippen molar-refractivity contribution < 1.29 is 14.3 Å². The first-order valence-corrected chi connectivity index (χ1v) is 8.08. The fraction of sp³-hybridized carbons (Fsp3) is 0.353. The number of amides is 2. The topological polar surface area (TPSA) is 88.6 Å². The van der Waals surface area contributed by atoms with Crippen LogP contribution in [0.4, 0.5) is 16.3 Å². The number of nitrogens with one attached hydrogen (secondary N) is 2. The molecule has 0 unspecified atom stereocenters. The van der Waals surface area contributed by atoms with Gasteiger partial charge in [0.25, 0.3) is 0 Å². The highest BCUT2D eigenvalue weighted by molar-refractivity contribution is 5.90. The third-order valence-electron chi connectivity index (χ3n) is 3.83. The quantitative estimate of drug-likeness (QED) is 0.858. The lowest BCUT2D eigenvalue weighted by Gasteiger charge is -2.29. The molecule has 8 heteroatoms. The average molecular weight is 343 g/mol. The van der Waals surface area contributed by atoms with E-state index >= 15 is 0 Å². The summed E-state index contributed by atoms with van der Waals surface area (Å²) in [7, 11) is 1.51. The number of carbonyl (C=O) groups is 1. The molecule has 8 nitrogen and oxygen atoms in total. The van der Waals surface area contributed by atoms with Crippen LogP contribution in [-0.4, -0.2) is 49.4 Å². The van der Waals surface area contributed by atoms with Gasteiger partial charge in [0.05, 0.1) is 20.3 Å². The van der Waals surface area contributed by atoms with Crippen LogP contribution in [0.2, 0.25) is 0 Å². The van der Waals surface area contributed by atoms with E-state index in [2.05, 4.69) is 25.5 Å². The van der Waals surface area contributed by atoms with Gasteiger partial charge in [0.2, 0.25) is 5.88 Å². The molecule has 0 saturated carbocycles. The molecule has 0 spiro atoms. The van der Waals surface area contributed by atoms with Crippen molar-refractivity contribution in [3.63, 3.8) is 0 Å². The predicted octanol–water partition coefficient (Wildman–Crippen LogP) is 1.64. The number of methoxy groups -OCH3 is 1. The summed E-state index contributed by atoms with van der Waals surface area (Å²) in [5.74, 6) is 1.25. The molecule has 132 valence electrons. The van der Waals surface area contributed by atoms with Crippen LogP contribution >= 0.6 is 0 Å². The number of anilines is 2. The fourth-order valence-corrected chi connectivity index (χ4v) is 2.62. The molecule has 2 aromatic heterocycles. The largest absolute Gasteiger partial charge is 0.480 e. The standard InChI is InChI=1S/C17H21N5O3/c1-24-16-14(5-3-7-19-16)21-17(23)20-12-13-4-2-6-18-15(13)22-8-10-25-11-9-22/h2-7H,8-12H2,1H3,(H2,20,21,23). The first-order chi connectivity index (χ1) is 12.3. The van der Waals surface area contributed by atoms with Gasteiger partial charge in [-0.2, -0.15) is 0 Å². The minimum Gasteiger partial charge on any atom is -0.480 e. The molecule has 0 atom stereocenters. The van der Waals surface area contributed by atoms with E-state index in [0.717, 1.165) is 24.5 Å². The zero-order valence-electron chi connectivity index (χ0n) is 14.1. The summed E-state index contributed by atoms with van der Waals surface area (Å²) in [6.45, 7) is 3.33. The summed E-state index contributed by atoms with van der Waals surface area (Å²) in [5.41, 5.74) is 1.47. The second kappa shape index (κ2) is 8.29. The van der Waals surface area contributed by atoms with Crippen LogP contribution in [0.1, 0.15) is 5.56 Å². The van der Waals surface area contributed by atoms with E-state index in [1.54, 1.807) is 24.5 Å². The second-order valence-electron chi connectivity index (χ2n) is 5.45. The van der Waals surface area contributed by atoms with Gasteiger partial charge < -0.3 is 25.0 Å². The fourth-order valence-electron chi connectivity index (χ4n) is 2.62. The average Bonchev–Trinajstić information content (AvgIpc) is 2.68. The van der Waals surface area contributed by atoms with Crippen LogP contribution in [0.3, 0.4) is 0 Å². The highest BCUT2D eigenvalue weighted by Crippen LogP contribution is 2.20. The summed E-state index contributed by atoms with van der Waals surface area (Å²) < 4.78 is 10.5. The van der Waals surface area contributed by atoms with Crippen LogP contribution in [0, 0.1) is 0 Å². The summed E-state index contributed by atoms with van der Waals surface area (Å²) >= 11 is 0. The van der Waals surface area contributed by atoms with Crippen LogP contribution in [0.25, 0.3) is 0 Å². The Kier molecular flexibility index (Phi) is 5.63. The van der Waals surface area contributed by atoms with Gasteiger partial charge in [0.15, 0.2) is 0 Å². The van der Waals surface area contributed by atoms with Gasteiger partial charge in [-0.05, 0) is 18.2 Å². The molecule has 3 rings (SSSR count). The molecule has 0 aromatic carbocycles. The van der Waals surface area contributed by atoms with Gasteiger partial charge in [-0.25, -0.2) is 14.8 Å². The van der Waals surface area contributed by atoms with Crippen LogP contribution in [0.15, 0.2) is 36.7 Å². The first kappa shape index (κ1) is 17.0. The number of aromatic nitrogens is 2. The molecule has 1 fully saturated rings. The Morgan fingerprint density at radius 2 is 2.00 bits per heavy atom. The van der Waals surface area contributed by atoms with Crippen molar-refractivity contribution in [3.8, 4) is 5.88 Å². The maximum atomic E-state index is 12.2. The Balaban J connectivity index is 1.62. The smallest absolute Gasteiger partial charge is 0.319 e. The Hall–Kier alpha value is -2.87. The summed E-state index contributed by atoms with van der Waals surface area (Å²) in [6.07, 6.45) is 3.36. The number of urea groups is 1. The molecule has 2 aromatic rings. The summed E-state index contributed by atoms with van der Waals surface area (Å²) in [5, 5.41) is 5.59. The highest BCUT2D eigenvalue weighted by atomic mass is 16.5. The number of hydrogen-bond donors (Lipinski definition) is 2. The van der Waals surface area contributed by atoms with Crippen molar-refractivity contribution in [3.05, 3.63) is 42.2 Å². The van der Waals surface area contributed by atoms with Gasteiger partial charge in [0.1, 0.15) is 11.5 Å². The van der Waals surface area contributed by atoms with Crippen molar-refractivity contribution in [2.24, 2.45) is 0 Å². The molecule has 0 radical (unpaired) electrons. The van der Waals surface area contributed by atoms with Gasteiger partial charge >= 0.3 is 6.03 Å². The van der Waals surface area contributed by atoms with Gasteiger partial charge in [-0.3, -0.25) is 0 Å². The molecular weight excluding hydrogens is 322 g/mol. The molecule has 2 amide bonds. The first-order valence-electron chi connectivity index (χ1n) is 8.08. The van der Waals surface area contributed by atoms with Crippen molar-refractivity contribution in [2.45, 2.75) is 6.54 Å². The lowest BCUT2D eigenvalue weighted by Crippen LogP contribution is -2.38. The molecule has 1 aliphatic rings. The molecule has 0 bridgehead atoms. The molecule has 25 heavy (non-hydrogen) atoms. The third-order valence-corrected chi connectivity index (χ3v) is 3.83. The third kappa shape index (κ3) is 4.36. The molecular formula is C17H21N5O3. The zero-order valence-corrected chi connectivity index (χ0v) is 14.1. The maximum Gasteiger partial charge on any atom is 0.319 e. The molecule has 1 aliphatic heterocycles. The molecule has 0 aliphatic carbocycles. The predicted molar refractivity (Wildman–Crippen MR) is 93.9 cm³/mol. The van der Waals surface area contributed by atoms with Crippen molar-refractivity contribution in [1.82, 2.24) is 15.3 Å². The minimum absolute atomic E-state index is 0.330. The van der Waals surface area contributed by atoms with Gasteiger partial charge in [-0.1, -0.05) is 6.07 Å². The second-order valence-corrected chi connectivity index (χ2v) is 5.45. The number of ether oxygens (including phenoxy) is 2. The number of hydrogen-bond acceptors (Lipinski definition) is 6. The lowest BCUT2D eigenvalue weighted by molar-refractivity contribution is 0.122. The number of pyridine rings is 2. The van der Waals surface area contributed by atoms with Crippen molar-refractivity contribution >= 4 is 17.5 Å². The highest BCUT2D eigenvalue weighted by Gasteiger charge is 2.16. The SMILES string of the molecule is COc1ncccc1NC(=O)NCc1cccnc1N1CCOCC1. The Morgan fingerprint density at radius 1 is 1.24 bits per heavy atom. The van der Waals surface area contributed by atoms with Crippen molar-refractivity contribution in [1.29, 1.82) is 0 Å². The molecule has 3 heterocycles. The van der Waals surface area contributed by atoms with E-state index in [-0.39, 0.29) is 6.03 Å². The molecule has 2 N–H and O–H groups in total. The number of rotatable bonds is 5. The summed E-state index contributed by atoms with van der Waals surface area (Å²) in [4.78, 5) is 22.9. The van der Waals surface area contributed by atoms with Gasteiger partial charge in [-0.15, -0.1) is 0 Å². The van der Waals surface area contributed by atoms with E-state index < -0.39 is 0 Å². The number of carbonyl (C=O) groups excluding carboxylic acids is 1. The normalized spacial score (nSPS) is 14.0. The van der Waals surface area contributed by atoms with E-state index in [1.807, 2.05) is 12.1 Å². The molecule has 1 saturated heterocycles. The number of nitrogens with zero attached hydrogens (tertiary/aromatic N) is 3. The van der Waals surface area contributed by atoms with Crippen LogP contribution in [0.5, 0.6) is 5.88 Å². The van der Waals surface area contributed by atoms with E-state index in [4.69, 9.17) is 9.47 Å². The van der Waals surface area contributed by atoms with E-state index in [1.165, 1.54) is 7.11 Å². The Morgan fingerprint density at radius 3 is 2.80 bits per heavy atom. The van der Waals surface area contributed by atoms with Crippen LogP contribution < -0.4 is 20.3 Å². The van der Waals surface area contributed by atoms with Gasteiger partial charge in [0, 0.05) is 37.6 Å². The zero-order chi connectivity index (χ0) is 17.5. The Labute approximate surface area is 146 Å². The lowest BCUT2D eigenvalue weighted by atomic mass is 10.2. The van der Waals surface area contributed by atoms with Crippen molar-refractivity contribution in [2.75, 3.05) is 43.6 Å². The van der Waals surface area contributed by atoms with Crippen LogP contribution in [-0.2, 0) is 11.3 Å².